The molecule has 0 aromatic carbocycles. The van der Waals surface area contributed by atoms with Crippen LogP contribution in [0.15, 0.2) is 0 Å². The molecule has 1 atom stereocenters. The highest BCUT2D eigenvalue weighted by atomic mass is 35.5. The number of nitrogens with zero attached hydrogens (tertiary/aromatic N) is 1. The van der Waals surface area contributed by atoms with Crippen molar-refractivity contribution in [2.45, 2.75) is 5.38 Å². The van der Waals surface area contributed by atoms with Gasteiger partial charge in [0, 0.05) is 6.54 Å². The van der Waals surface area contributed by atoms with Crippen LogP contribution < -0.4 is 5.73 Å². The molecule has 7 heavy (non-hydrogen) atoms. The average Bonchev–Trinajstić information content (AvgIpc) is 1.65. The number of halogens is 2. The molecule has 1 unspecified atom stereocenters. The van der Waals surface area contributed by atoms with E-state index >= 15 is 0 Å². The normalized spacial score (nSPS) is 11.0. The van der Waals surface area contributed by atoms with Gasteiger partial charge in [-0.25, -0.2) is 0 Å². The van der Waals surface area contributed by atoms with Crippen LogP contribution in [-0.4, -0.2) is 11.9 Å². The van der Waals surface area contributed by atoms with Crippen LogP contribution in [0.3, 0.4) is 0 Å². The Morgan fingerprint density at radius 3 is 2.29 bits per heavy atom. The minimum Gasteiger partial charge on any atom is -0.328 e. The number of rotatable bonds is 1. The van der Waals surface area contributed by atoms with E-state index < -0.39 is 5.38 Å². The maximum absolute atomic E-state index is 7.87. The molecule has 0 aliphatic rings. The second kappa shape index (κ2) is 6.03. The van der Waals surface area contributed by atoms with Gasteiger partial charge >= 0.3 is 0 Å². The van der Waals surface area contributed by atoms with Crippen molar-refractivity contribution in [3.05, 3.63) is 0 Å². The first-order valence-corrected chi connectivity index (χ1v) is 1.98. The van der Waals surface area contributed by atoms with Crippen molar-refractivity contribution < 1.29 is 0 Å². The molecule has 0 saturated heterocycles. The Bertz CT molecular complexity index is 67.8. The monoisotopic (exact) mass is 140 g/mol. The summed E-state index contributed by atoms with van der Waals surface area (Å²) >= 11 is 5.16. The largest absolute Gasteiger partial charge is 0.328 e. The standard InChI is InChI=1S/C3H5ClN2.ClH/c4-3(1-5)2-6;/h3H,1,5H2;1H. The second-order valence-electron chi connectivity index (χ2n) is 0.832. The molecule has 2 N–H and O–H groups in total. The molecule has 0 aliphatic carbocycles. The lowest BCUT2D eigenvalue weighted by Crippen LogP contribution is -2.10. The Hall–Kier alpha value is 0.0300. The highest BCUT2D eigenvalue weighted by Gasteiger charge is 1.92. The quantitative estimate of drug-likeness (QED) is 0.540. The topological polar surface area (TPSA) is 49.8 Å². The van der Waals surface area contributed by atoms with Gasteiger partial charge in [-0.05, 0) is 0 Å². The summed E-state index contributed by atoms with van der Waals surface area (Å²) in [5.41, 5.74) is 4.93. The second-order valence-corrected chi connectivity index (χ2v) is 1.36. The van der Waals surface area contributed by atoms with Gasteiger partial charge in [0.2, 0.25) is 0 Å². The summed E-state index contributed by atoms with van der Waals surface area (Å²) in [7, 11) is 0. The minimum absolute atomic E-state index is 0. The fourth-order valence-electron chi connectivity index (χ4n) is 0.0527. The van der Waals surface area contributed by atoms with Crippen LogP contribution in [-0.2, 0) is 0 Å². The van der Waals surface area contributed by atoms with Gasteiger partial charge in [-0.15, -0.1) is 24.0 Å². The van der Waals surface area contributed by atoms with Gasteiger partial charge < -0.3 is 5.73 Å². The number of nitriles is 1. The molecule has 4 heteroatoms. The first kappa shape index (κ1) is 10.1. The molecule has 42 valence electrons. The van der Waals surface area contributed by atoms with Gasteiger partial charge in [-0.2, -0.15) is 5.26 Å². The molecule has 0 heterocycles. The lowest BCUT2D eigenvalue weighted by atomic mass is 10.5. The van der Waals surface area contributed by atoms with Gasteiger partial charge in [0.25, 0.3) is 0 Å². The molecule has 0 saturated carbocycles. The molecule has 0 amide bonds. The van der Waals surface area contributed by atoms with Gasteiger partial charge in [-0.3, -0.25) is 0 Å². The Labute approximate surface area is 53.7 Å². The van der Waals surface area contributed by atoms with Crippen molar-refractivity contribution in [2.24, 2.45) is 5.73 Å². The van der Waals surface area contributed by atoms with E-state index in [9.17, 15) is 0 Å². The molecule has 0 aromatic rings. The SMILES string of the molecule is Cl.N#CC(Cl)CN. The summed E-state index contributed by atoms with van der Waals surface area (Å²) in [5, 5.41) is 7.36. The van der Waals surface area contributed by atoms with E-state index in [0.717, 1.165) is 0 Å². The molecular formula is C3H6Cl2N2. The Balaban J connectivity index is 0. The van der Waals surface area contributed by atoms with E-state index in [4.69, 9.17) is 22.6 Å². The van der Waals surface area contributed by atoms with Crippen LogP contribution in [0.1, 0.15) is 0 Å². The zero-order chi connectivity index (χ0) is 4.99. The van der Waals surface area contributed by atoms with Crippen LogP contribution in [0.4, 0.5) is 0 Å². The zero-order valence-corrected chi connectivity index (χ0v) is 5.17. The number of nitrogens with two attached hydrogens (primary N) is 1. The van der Waals surface area contributed by atoms with Crippen molar-refractivity contribution in [1.29, 1.82) is 5.26 Å². The fraction of sp³-hybridized carbons (Fsp3) is 0.667. The third kappa shape index (κ3) is 6.03. The molecule has 0 fully saturated rings. The first-order valence-electron chi connectivity index (χ1n) is 1.55. The van der Waals surface area contributed by atoms with Crippen molar-refractivity contribution in [3.63, 3.8) is 0 Å². The van der Waals surface area contributed by atoms with E-state index in [0.29, 0.717) is 0 Å². The van der Waals surface area contributed by atoms with E-state index in [-0.39, 0.29) is 19.0 Å². The van der Waals surface area contributed by atoms with Crippen molar-refractivity contribution in [2.75, 3.05) is 6.54 Å². The van der Waals surface area contributed by atoms with Crippen LogP contribution in [0.2, 0.25) is 0 Å². The van der Waals surface area contributed by atoms with Gasteiger partial charge in [0.15, 0.2) is 0 Å². The maximum atomic E-state index is 7.87. The smallest absolute Gasteiger partial charge is 0.132 e. The van der Waals surface area contributed by atoms with Crippen LogP contribution in [0.25, 0.3) is 0 Å². The molecule has 2 nitrogen and oxygen atoms in total. The summed E-state index contributed by atoms with van der Waals surface area (Å²) in [4.78, 5) is 0. The Morgan fingerprint density at radius 1 is 1.86 bits per heavy atom. The van der Waals surface area contributed by atoms with Crippen molar-refractivity contribution in [1.82, 2.24) is 0 Å². The summed E-state index contributed by atoms with van der Waals surface area (Å²) in [6.45, 7) is 0.234. The number of alkyl halides is 1. The van der Waals surface area contributed by atoms with Crippen LogP contribution >= 0.6 is 24.0 Å². The molecule has 0 rings (SSSR count). The van der Waals surface area contributed by atoms with Gasteiger partial charge in [0.1, 0.15) is 5.38 Å². The Morgan fingerprint density at radius 2 is 2.29 bits per heavy atom. The van der Waals surface area contributed by atoms with Gasteiger partial charge in [0.05, 0.1) is 6.07 Å². The van der Waals surface area contributed by atoms with E-state index in [1.807, 2.05) is 0 Å². The predicted octanol–water partition coefficient (Wildman–Crippen LogP) is 0.498. The molecule has 0 aliphatic heterocycles. The van der Waals surface area contributed by atoms with E-state index in [2.05, 4.69) is 0 Å². The van der Waals surface area contributed by atoms with E-state index in [1.54, 1.807) is 6.07 Å². The van der Waals surface area contributed by atoms with Crippen molar-refractivity contribution in [3.8, 4) is 6.07 Å². The summed E-state index contributed by atoms with van der Waals surface area (Å²) < 4.78 is 0. The summed E-state index contributed by atoms with van der Waals surface area (Å²) in [6.07, 6.45) is 0. The molecule has 0 bridgehead atoms. The minimum atomic E-state index is -0.509. The van der Waals surface area contributed by atoms with Crippen LogP contribution in [0, 0.1) is 11.3 Å². The molecule has 0 spiro atoms. The van der Waals surface area contributed by atoms with Crippen molar-refractivity contribution >= 4 is 24.0 Å². The average molecular weight is 141 g/mol. The van der Waals surface area contributed by atoms with E-state index in [1.165, 1.54) is 0 Å². The number of hydrogen-bond acceptors (Lipinski definition) is 2. The maximum Gasteiger partial charge on any atom is 0.132 e. The molecule has 0 radical (unpaired) electrons. The third-order valence-corrected chi connectivity index (χ3v) is 0.623. The summed E-state index contributed by atoms with van der Waals surface area (Å²) in [6, 6.07) is 1.76. The fourth-order valence-corrected chi connectivity index (χ4v) is 0.0527. The van der Waals surface area contributed by atoms with Crippen LogP contribution in [0.5, 0.6) is 0 Å². The third-order valence-electron chi connectivity index (χ3n) is 0.347. The highest BCUT2D eigenvalue weighted by Crippen LogP contribution is 1.85. The summed E-state index contributed by atoms with van der Waals surface area (Å²) in [5.74, 6) is 0. The van der Waals surface area contributed by atoms with Gasteiger partial charge in [-0.1, -0.05) is 0 Å². The highest BCUT2D eigenvalue weighted by molar-refractivity contribution is 6.22. The first-order chi connectivity index (χ1) is 2.81. The lowest BCUT2D eigenvalue weighted by molar-refractivity contribution is 1.02. The zero-order valence-electron chi connectivity index (χ0n) is 3.60. The molecular weight excluding hydrogens is 135 g/mol. The Kier molecular flexibility index (Phi) is 8.70. The lowest BCUT2D eigenvalue weighted by Gasteiger charge is -1.85. The molecule has 0 aromatic heterocycles. The number of hydrogen-bond donors (Lipinski definition) is 1. The predicted molar refractivity (Wildman–Crippen MR) is 31.6 cm³/mol.